The van der Waals surface area contributed by atoms with E-state index in [0.717, 1.165) is 22.0 Å². The predicted octanol–water partition coefficient (Wildman–Crippen LogP) is 3.44. The van der Waals surface area contributed by atoms with Crippen LogP contribution < -0.4 is 0 Å². The van der Waals surface area contributed by atoms with Crippen LogP contribution in [0.1, 0.15) is 17.2 Å². The maximum absolute atomic E-state index is 12.7. The molecule has 0 unspecified atom stereocenters. The maximum Gasteiger partial charge on any atom is 0.227 e. The van der Waals surface area contributed by atoms with E-state index in [1.807, 2.05) is 34.5 Å². The van der Waals surface area contributed by atoms with Gasteiger partial charge >= 0.3 is 0 Å². The molecule has 122 valence electrons. The molecule has 1 amide bonds. The van der Waals surface area contributed by atoms with E-state index >= 15 is 0 Å². The molecule has 0 N–H and O–H groups in total. The van der Waals surface area contributed by atoms with Crippen LogP contribution in [0.3, 0.4) is 0 Å². The number of amides is 1. The van der Waals surface area contributed by atoms with E-state index < -0.39 is 0 Å². The van der Waals surface area contributed by atoms with Crippen molar-refractivity contribution in [1.82, 2.24) is 9.88 Å². The van der Waals surface area contributed by atoms with Gasteiger partial charge in [0.15, 0.2) is 0 Å². The third kappa shape index (κ3) is 3.18. The maximum atomic E-state index is 12.7. The van der Waals surface area contributed by atoms with E-state index in [4.69, 9.17) is 4.74 Å². The molecule has 1 aromatic carbocycles. The first-order chi connectivity index (χ1) is 11.8. The minimum Gasteiger partial charge on any atom is -0.370 e. The number of pyridine rings is 1. The number of aromatic nitrogens is 1. The Hall–Kier alpha value is -2.24. The molecule has 1 saturated heterocycles. The quantitative estimate of drug-likeness (QED) is 0.735. The Bertz CT molecular complexity index is 847. The molecule has 0 spiro atoms. The number of morpholine rings is 1. The van der Waals surface area contributed by atoms with Gasteiger partial charge < -0.3 is 9.64 Å². The summed E-state index contributed by atoms with van der Waals surface area (Å²) in [5.41, 5.74) is 3.07. The van der Waals surface area contributed by atoms with E-state index in [0.29, 0.717) is 26.1 Å². The van der Waals surface area contributed by atoms with Gasteiger partial charge in [-0.2, -0.15) is 11.3 Å². The number of hydrogen-bond acceptors (Lipinski definition) is 4. The van der Waals surface area contributed by atoms with Crippen LogP contribution in [-0.4, -0.2) is 35.5 Å². The number of ether oxygens (including phenoxy) is 1. The van der Waals surface area contributed by atoms with Crippen molar-refractivity contribution >= 4 is 28.1 Å². The predicted molar refractivity (Wildman–Crippen MR) is 95.0 cm³/mol. The van der Waals surface area contributed by atoms with Crippen molar-refractivity contribution in [2.45, 2.75) is 12.5 Å². The summed E-state index contributed by atoms with van der Waals surface area (Å²) in [6, 6.07) is 12.1. The van der Waals surface area contributed by atoms with Crippen LogP contribution in [0.2, 0.25) is 0 Å². The molecule has 5 heteroatoms. The van der Waals surface area contributed by atoms with E-state index in [1.54, 1.807) is 17.5 Å². The first-order valence-corrected chi connectivity index (χ1v) is 8.99. The molecule has 4 nitrogen and oxygen atoms in total. The van der Waals surface area contributed by atoms with Gasteiger partial charge in [0.1, 0.15) is 6.10 Å². The van der Waals surface area contributed by atoms with Crippen LogP contribution >= 0.6 is 11.3 Å². The summed E-state index contributed by atoms with van der Waals surface area (Å²) in [5, 5.41) is 5.20. The first kappa shape index (κ1) is 15.3. The molecule has 1 aliphatic heterocycles. The average molecular weight is 338 g/mol. The number of carbonyl (C=O) groups excluding carboxylic acids is 1. The van der Waals surface area contributed by atoms with Gasteiger partial charge in [-0.25, -0.2) is 0 Å². The summed E-state index contributed by atoms with van der Waals surface area (Å²) in [6.45, 7) is 1.86. The highest BCUT2D eigenvalue weighted by atomic mass is 32.1. The number of carbonyl (C=O) groups is 1. The lowest BCUT2D eigenvalue weighted by Gasteiger charge is -2.32. The third-order valence-electron chi connectivity index (χ3n) is 4.34. The first-order valence-electron chi connectivity index (χ1n) is 8.05. The molecule has 2 aromatic heterocycles. The van der Waals surface area contributed by atoms with Crippen molar-refractivity contribution in [3.63, 3.8) is 0 Å². The largest absolute Gasteiger partial charge is 0.370 e. The highest BCUT2D eigenvalue weighted by molar-refractivity contribution is 7.07. The average Bonchev–Trinajstić information content (AvgIpc) is 3.16. The summed E-state index contributed by atoms with van der Waals surface area (Å²) >= 11 is 1.65. The van der Waals surface area contributed by atoms with Gasteiger partial charge in [-0.05, 0) is 40.1 Å². The Balaban J connectivity index is 1.46. The molecule has 1 aliphatic rings. The van der Waals surface area contributed by atoms with Crippen molar-refractivity contribution in [3.8, 4) is 0 Å². The molecule has 0 saturated carbocycles. The molecule has 1 atom stereocenters. The second kappa shape index (κ2) is 6.71. The van der Waals surface area contributed by atoms with Crippen LogP contribution in [0.15, 0.2) is 53.4 Å². The Morgan fingerprint density at radius 3 is 3.12 bits per heavy atom. The molecule has 0 bridgehead atoms. The fourth-order valence-electron chi connectivity index (χ4n) is 3.04. The number of rotatable bonds is 3. The molecule has 4 rings (SSSR count). The van der Waals surface area contributed by atoms with Gasteiger partial charge in [-0.1, -0.05) is 18.2 Å². The third-order valence-corrected chi connectivity index (χ3v) is 5.04. The lowest BCUT2D eigenvalue weighted by atomic mass is 10.1. The zero-order valence-electron chi connectivity index (χ0n) is 13.2. The zero-order valence-corrected chi connectivity index (χ0v) is 14.0. The molecule has 0 aliphatic carbocycles. The number of thiophene rings is 1. The molecule has 1 fully saturated rings. The highest BCUT2D eigenvalue weighted by Gasteiger charge is 2.25. The Kier molecular flexibility index (Phi) is 4.28. The lowest BCUT2D eigenvalue weighted by Crippen LogP contribution is -2.42. The normalized spacial score (nSPS) is 18.0. The van der Waals surface area contributed by atoms with Crippen LogP contribution in [-0.2, 0) is 16.0 Å². The molecule has 0 radical (unpaired) electrons. The molecule has 3 aromatic rings. The summed E-state index contributed by atoms with van der Waals surface area (Å²) < 4.78 is 5.81. The smallest absolute Gasteiger partial charge is 0.227 e. The Morgan fingerprint density at radius 2 is 2.25 bits per heavy atom. The van der Waals surface area contributed by atoms with Gasteiger partial charge in [-0.15, -0.1) is 0 Å². The Labute approximate surface area is 144 Å². The molecule has 3 heterocycles. The molecular formula is C19H18N2O2S. The monoisotopic (exact) mass is 338 g/mol. The van der Waals surface area contributed by atoms with E-state index in [9.17, 15) is 4.79 Å². The number of para-hydroxylation sites is 1. The van der Waals surface area contributed by atoms with Gasteiger partial charge in [0.2, 0.25) is 5.91 Å². The van der Waals surface area contributed by atoms with Crippen molar-refractivity contribution < 1.29 is 9.53 Å². The van der Waals surface area contributed by atoms with E-state index in [-0.39, 0.29) is 12.0 Å². The van der Waals surface area contributed by atoms with Crippen molar-refractivity contribution in [1.29, 1.82) is 0 Å². The summed E-state index contributed by atoms with van der Waals surface area (Å²) in [7, 11) is 0. The second-order valence-electron chi connectivity index (χ2n) is 5.97. The standard InChI is InChI=1S/C19H18N2O2S/c22-19(10-14-9-15-3-1-2-4-17(15)20-11-14)21-6-7-23-18(12-21)16-5-8-24-13-16/h1-5,8-9,11,13,18H,6-7,10,12H2/t18-/m0/s1. The van der Waals surface area contributed by atoms with Gasteiger partial charge in [0, 0.05) is 18.1 Å². The van der Waals surface area contributed by atoms with Crippen molar-refractivity contribution in [2.75, 3.05) is 19.7 Å². The molecule has 24 heavy (non-hydrogen) atoms. The fourth-order valence-corrected chi connectivity index (χ4v) is 3.74. The van der Waals surface area contributed by atoms with E-state index in [2.05, 4.69) is 22.5 Å². The number of nitrogens with zero attached hydrogens (tertiary/aromatic N) is 2. The minimum atomic E-state index is -0.0105. The summed E-state index contributed by atoms with van der Waals surface area (Å²) in [5.74, 6) is 0.135. The topological polar surface area (TPSA) is 42.4 Å². The highest BCUT2D eigenvalue weighted by Crippen LogP contribution is 2.24. The van der Waals surface area contributed by atoms with Crippen LogP contribution in [0.25, 0.3) is 10.9 Å². The molecular weight excluding hydrogens is 320 g/mol. The summed E-state index contributed by atoms with van der Waals surface area (Å²) in [4.78, 5) is 19.0. The van der Waals surface area contributed by atoms with Crippen molar-refractivity contribution in [3.05, 3.63) is 64.5 Å². The number of fused-ring (bicyclic) bond motifs is 1. The van der Waals surface area contributed by atoms with Crippen LogP contribution in [0.4, 0.5) is 0 Å². The summed E-state index contributed by atoms with van der Waals surface area (Å²) in [6.07, 6.45) is 2.18. The SMILES string of the molecule is O=C(Cc1cnc2ccccc2c1)N1CCO[C@H](c2ccsc2)C1. The fraction of sp³-hybridized carbons (Fsp3) is 0.263. The minimum absolute atomic E-state index is 0.0105. The second-order valence-corrected chi connectivity index (χ2v) is 6.75. The van der Waals surface area contributed by atoms with Crippen molar-refractivity contribution in [2.24, 2.45) is 0 Å². The van der Waals surface area contributed by atoms with Crippen LogP contribution in [0, 0.1) is 0 Å². The zero-order chi connectivity index (χ0) is 16.4. The lowest BCUT2D eigenvalue weighted by molar-refractivity contribution is -0.138. The van der Waals surface area contributed by atoms with Gasteiger partial charge in [-0.3, -0.25) is 9.78 Å². The van der Waals surface area contributed by atoms with E-state index in [1.165, 1.54) is 0 Å². The van der Waals surface area contributed by atoms with Crippen LogP contribution in [0.5, 0.6) is 0 Å². The number of benzene rings is 1. The Morgan fingerprint density at radius 1 is 1.33 bits per heavy atom. The number of hydrogen-bond donors (Lipinski definition) is 0. The van der Waals surface area contributed by atoms with Gasteiger partial charge in [0.25, 0.3) is 0 Å². The van der Waals surface area contributed by atoms with Gasteiger partial charge in [0.05, 0.1) is 25.1 Å².